The number of hydrogen-bond acceptors (Lipinski definition) is 2. The lowest BCUT2D eigenvalue weighted by atomic mass is 9.87. The average Bonchev–Trinajstić information content (AvgIpc) is 2.75. The molecule has 0 saturated heterocycles. The molecule has 1 atom stereocenters. The summed E-state index contributed by atoms with van der Waals surface area (Å²) in [4.78, 5) is 0. The molecule has 1 aliphatic rings. The molecule has 17 heavy (non-hydrogen) atoms. The van der Waals surface area contributed by atoms with Gasteiger partial charge < -0.3 is 5.32 Å². The van der Waals surface area contributed by atoms with Crippen LogP contribution >= 0.6 is 11.6 Å². The number of nitrogens with one attached hydrogen (secondary N) is 1. The van der Waals surface area contributed by atoms with E-state index in [-0.39, 0.29) is 0 Å². The third-order valence-corrected chi connectivity index (χ3v) is 3.50. The van der Waals surface area contributed by atoms with Crippen molar-refractivity contribution in [3.8, 4) is 0 Å². The van der Waals surface area contributed by atoms with Crippen LogP contribution in [-0.2, 0) is 7.05 Å². The number of aryl methyl sites for hydroxylation is 1. The minimum absolute atomic E-state index is 0.402. The van der Waals surface area contributed by atoms with E-state index in [0.29, 0.717) is 5.92 Å². The van der Waals surface area contributed by atoms with Crippen LogP contribution in [0.2, 0.25) is 5.02 Å². The largest absolute Gasteiger partial charge is 0.385 e. The molecular weight excluding hydrogens is 234 g/mol. The second-order valence-electron chi connectivity index (χ2n) is 4.45. The van der Waals surface area contributed by atoms with Crippen molar-refractivity contribution in [3.05, 3.63) is 46.7 Å². The number of anilines is 1. The van der Waals surface area contributed by atoms with Crippen LogP contribution in [0, 0.1) is 0 Å². The lowest BCUT2D eigenvalue weighted by Gasteiger charge is -2.26. The maximum atomic E-state index is 6.09. The third kappa shape index (κ3) is 1.91. The van der Waals surface area contributed by atoms with Gasteiger partial charge in [-0.05, 0) is 35.7 Å². The van der Waals surface area contributed by atoms with E-state index in [9.17, 15) is 0 Å². The van der Waals surface area contributed by atoms with Gasteiger partial charge in [0.25, 0.3) is 0 Å². The summed E-state index contributed by atoms with van der Waals surface area (Å²) >= 11 is 6.09. The van der Waals surface area contributed by atoms with Crippen molar-refractivity contribution in [3.63, 3.8) is 0 Å². The Hall–Kier alpha value is -1.48. The summed E-state index contributed by atoms with van der Waals surface area (Å²) in [7, 11) is 1.95. The van der Waals surface area contributed by atoms with Crippen molar-refractivity contribution in [2.75, 3.05) is 11.9 Å². The van der Waals surface area contributed by atoms with Crippen LogP contribution in [0.4, 0.5) is 5.69 Å². The van der Waals surface area contributed by atoms with E-state index in [2.05, 4.69) is 28.7 Å². The number of rotatable bonds is 1. The third-order valence-electron chi connectivity index (χ3n) is 3.26. The van der Waals surface area contributed by atoms with Gasteiger partial charge in [-0.1, -0.05) is 11.6 Å². The standard InChI is InChI=1S/C13H14ClN3/c1-17-8-9(7-16-17)11-4-5-15-13-3-2-10(14)6-12(11)13/h2-3,6-8,11,15H,4-5H2,1H3. The van der Waals surface area contributed by atoms with Crippen molar-refractivity contribution in [2.45, 2.75) is 12.3 Å². The Bertz CT molecular complexity index is 547. The molecular formula is C13H14ClN3. The van der Waals surface area contributed by atoms with Gasteiger partial charge in [0, 0.05) is 36.4 Å². The quantitative estimate of drug-likeness (QED) is 0.840. The molecule has 0 radical (unpaired) electrons. The van der Waals surface area contributed by atoms with Crippen LogP contribution in [-0.4, -0.2) is 16.3 Å². The van der Waals surface area contributed by atoms with Gasteiger partial charge in [-0.3, -0.25) is 4.68 Å². The maximum absolute atomic E-state index is 6.09. The van der Waals surface area contributed by atoms with Crippen molar-refractivity contribution in [1.29, 1.82) is 0 Å². The first-order valence-corrected chi connectivity index (χ1v) is 6.14. The van der Waals surface area contributed by atoms with Crippen LogP contribution in [0.15, 0.2) is 30.6 Å². The highest BCUT2D eigenvalue weighted by atomic mass is 35.5. The minimum Gasteiger partial charge on any atom is -0.385 e. The lowest BCUT2D eigenvalue weighted by molar-refractivity contribution is 0.716. The lowest BCUT2D eigenvalue weighted by Crippen LogP contribution is -2.17. The molecule has 1 aromatic heterocycles. The molecule has 0 amide bonds. The smallest absolute Gasteiger partial charge is 0.0527 e. The van der Waals surface area contributed by atoms with Crippen LogP contribution in [0.5, 0.6) is 0 Å². The van der Waals surface area contributed by atoms with E-state index in [4.69, 9.17) is 11.6 Å². The van der Waals surface area contributed by atoms with Gasteiger partial charge in [0.15, 0.2) is 0 Å². The fourth-order valence-corrected chi connectivity index (χ4v) is 2.64. The van der Waals surface area contributed by atoms with E-state index < -0.39 is 0 Å². The summed E-state index contributed by atoms with van der Waals surface area (Å²) in [6, 6.07) is 6.04. The summed E-state index contributed by atoms with van der Waals surface area (Å²) < 4.78 is 1.85. The molecule has 0 fully saturated rings. The minimum atomic E-state index is 0.402. The molecule has 1 aliphatic heterocycles. The average molecular weight is 248 g/mol. The van der Waals surface area contributed by atoms with Gasteiger partial charge >= 0.3 is 0 Å². The first-order valence-electron chi connectivity index (χ1n) is 5.76. The predicted octanol–water partition coefficient (Wildman–Crippen LogP) is 3.02. The molecule has 1 aromatic carbocycles. The van der Waals surface area contributed by atoms with E-state index in [0.717, 1.165) is 18.0 Å². The molecule has 0 saturated carbocycles. The zero-order valence-corrected chi connectivity index (χ0v) is 10.4. The number of benzene rings is 1. The van der Waals surface area contributed by atoms with Crippen LogP contribution in [0.25, 0.3) is 0 Å². The number of halogens is 1. The van der Waals surface area contributed by atoms with Gasteiger partial charge in [-0.15, -0.1) is 0 Å². The van der Waals surface area contributed by atoms with Gasteiger partial charge in [0.2, 0.25) is 0 Å². The summed E-state index contributed by atoms with van der Waals surface area (Å²) in [5, 5.41) is 8.45. The van der Waals surface area contributed by atoms with Crippen molar-refractivity contribution in [2.24, 2.45) is 7.05 Å². The molecule has 1 unspecified atom stereocenters. The zero-order chi connectivity index (χ0) is 11.8. The van der Waals surface area contributed by atoms with E-state index in [1.165, 1.54) is 16.8 Å². The van der Waals surface area contributed by atoms with E-state index >= 15 is 0 Å². The molecule has 1 N–H and O–H groups in total. The fourth-order valence-electron chi connectivity index (χ4n) is 2.46. The monoisotopic (exact) mass is 247 g/mol. The Morgan fingerprint density at radius 1 is 1.47 bits per heavy atom. The van der Waals surface area contributed by atoms with E-state index in [1.54, 1.807) is 0 Å². The summed E-state index contributed by atoms with van der Waals surface area (Å²) in [6.07, 6.45) is 5.11. The molecule has 3 rings (SSSR count). The number of aromatic nitrogens is 2. The highest BCUT2D eigenvalue weighted by Crippen LogP contribution is 2.37. The van der Waals surface area contributed by atoms with E-state index in [1.807, 2.05) is 24.0 Å². The Balaban J connectivity index is 2.07. The number of hydrogen-bond donors (Lipinski definition) is 1. The zero-order valence-electron chi connectivity index (χ0n) is 9.65. The maximum Gasteiger partial charge on any atom is 0.0527 e. The Kier molecular flexibility index (Phi) is 2.56. The molecule has 88 valence electrons. The first-order chi connectivity index (χ1) is 8.24. The first kappa shape index (κ1) is 10.7. The normalized spacial score (nSPS) is 18.6. The van der Waals surface area contributed by atoms with Gasteiger partial charge in [0.1, 0.15) is 0 Å². The Labute approximate surface area is 105 Å². The molecule has 0 bridgehead atoms. The second-order valence-corrected chi connectivity index (χ2v) is 4.88. The van der Waals surface area contributed by atoms with Gasteiger partial charge in [-0.2, -0.15) is 5.10 Å². The number of nitrogens with zero attached hydrogens (tertiary/aromatic N) is 2. The Morgan fingerprint density at radius 2 is 2.35 bits per heavy atom. The number of fused-ring (bicyclic) bond motifs is 1. The summed E-state index contributed by atoms with van der Waals surface area (Å²) in [5.41, 5.74) is 3.73. The molecule has 0 aliphatic carbocycles. The van der Waals surface area contributed by atoms with Crippen molar-refractivity contribution in [1.82, 2.24) is 9.78 Å². The summed E-state index contributed by atoms with van der Waals surface area (Å²) in [5.74, 6) is 0.402. The highest BCUT2D eigenvalue weighted by Gasteiger charge is 2.22. The van der Waals surface area contributed by atoms with Crippen LogP contribution in [0.1, 0.15) is 23.5 Å². The van der Waals surface area contributed by atoms with Crippen LogP contribution in [0.3, 0.4) is 0 Å². The van der Waals surface area contributed by atoms with Crippen LogP contribution < -0.4 is 5.32 Å². The SMILES string of the molecule is Cn1cc(C2CCNc3ccc(Cl)cc32)cn1. The fraction of sp³-hybridized carbons (Fsp3) is 0.308. The molecule has 3 nitrogen and oxygen atoms in total. The molecule has 2 heterocycles. The highest BCUT2D eigenvalue weighted by molar-refractivity contribution is 6.30. The Morgan fingerprint density at radius 3 is 3.12 bits per heavy atom. The van der Waals surface area contributed by atoms with Gasteiger partial charge in [-0.25, -0.2) is 0 Å². The van der Waals surface area contributed by atoms with Crippen molar-refractivity contribution < 1.29 is 0 Å². The summed E-state index contributed by atoms with van der Waals surface area (Å²) in [6.45, 7) is 0.994. The van der Waals surface area contributed by atoms with Crippen molar-refractivity contribution >= 4 is 17.3 Å². The topological polar surface area (TPSA) is 29.9 Å². The second kappa shape index (κ2) is 4.08. The molecule has 2 aromatic rings. The molecule has 0 spiro atoms. The predicted molar refractivity (Wildman–Crippen MR) is 69.6 cm³/mol. The van der Waals surface area contributed by atoms with Gasteiger partial charge in [0.05, 0.1) is 6.20 Å². The molecule has 4 heteroatoms.